The number of hydrogen-bond donors (Lipinski definition) is 0. The van der Waals surface area contributed by atoms with Crippen molar-refractivity contribution in [3.63, 3.8) is 0 Å². The van der Waals surface area contributed by atoms with E-state index in [1.165, 1.54) is 0 Å². The van der Waals surface area contributed by atoms with Crippen LogP contribution in [0.1, 0.15) is 35.0 Å². The Morgan fingerprint density at radius 3 is 2.69 bits per heavy atom. The Bertz CT molecular complexity index is 940. The van der Waals surface area contributed by atoms with Crippen LogP contribution in [0.4, 0.5) is 0 Å². The van der Waals surface area contributed by atoms with Crippen LogP contribution in [0, 0.1) is 0 Å². The number of hydrogen-bond acceptors (Lipinski definition) is 5. The molecule has 5 rings (SSSR count). The van der Waals surface area contributed by atoms with E-state index < -0.39 is 0 Å². The van der Waals surface area contributed by atoms with E-state index in [1.54, 1.807) is 18.2 Å². The molecule has 0 unspecified atom stereocenters. The molecule has 2 aromatic carbocycles. The Hall–Kier alpha value is -3.02. The van der Waals surface area contributed by atoms with Crippen molar-refractivity contribution in [3.8, 4) is 11.5 Å². The third-order valence-corrected chi connectivity index (χ3v) is 5.06. The largest absolute Gasteiger partial charge is 0.454 e. The van der Waals surface area contributed by atoms with Crippen LogP contribution in [0.2, 0.25) is 0 Å². The number of piperidine rings is 1. The van der Waals surface area contributed by atoms with Crippen LogP contribution in [-0.2, 0) is 0 Å². The summed E-state index contributed by atoms with van der Waals surface area (Å²) in [5.74, 6) is 2.39. The fourth-order valence-corrected chi connectivity index (χ4v) is 3.61. The maximum absolute atomic E-state index is 12.8. The van der Waals surface area contributed by atoms with Gasteiger partial charge < -0.3 is 18.8 Å². The molecule has 2 aliphatic heterocycles. The number of oxazole rings is 1. The molecule has 0 saturated carbocycles. The van der Waals surface area contributed by atoms with Crippen molar-refractivity contribution in [2.24, 2.45) is 0 Å². The molecule has 1 saturated heterocycles. The highest BCUT2D eigenvalue weighted by atomic mass is 16.7. The highest BCUT2D eigenvalue weighted by Crippen LogP contribution is 2.34. The zero-order chi connectivity index (χ0) is 17.5. The second-order valence-electron chi connectivity index (χ2n) is 6.65. The van der Waals surface area contributed by atoms with Gasteiger partial charge in [-0.1, -0.05) is 12.1 Å². The number of fused-ring (bicyclic) bond motifs is 2. The second-order valence-corrected chi connectivity index (χ2v) is 6.65. The molecule has 1 fully saturated rings. The van der Waals surface area contributed by atoms with Gasteiger partial charge in [-0.2, -0.15) is 0 Å². The van der Waals surface area contributed by atoms with Crippen molar-refractivity contribution in [2.75, 3.05) is 19.9 Å². The summed E-state index contributed by atoms with van der Waals surface area (Å²) in [6, 6.07) is 13.1. The van der Waals surface area contributed by atoms with Crippen molar-refractivity contribution in [2.45, 2.75) is 18.8 Å². The number of amides is 1. The lowest BCUT2D eigenvalue weighted by Crippen LogP contribution is -2.37. The third kappa shape index (κ3) is 2.58. The molecule has 0 aliphatic carbocycles. The number of nitrogens with zero attached hydrogens (tertiary/aromatic N) is 2. The first-order valence-corrected chi connectivity index (χ1v) is 8.82. The molecule has 3 heterocycles. The van der Waals surface area contributed by atoms with Gasteiger partial charge in [0, 0.05) is 24.6 Å². The van der Waals surface area contributed by atoms with Crippen LogP contribution in [0.25, 0.3) is 11.1 Å². The molecule has 0 N–H and O–H groups in total. The number of rotatable bonds is 2. The van der Waals surface area contributed by atoms with Crippen molar-refractivity contribution in [1.82, 2.24) is 9.88 Å². The van der Waals surface area contributed by atoms with Gasteiger partial charge in [-0.05, 0) is 43.2 Å². The average Bonchev–Trinajstić information content (AvgIpc) is 3.33. The van der Waals surface area contributed by atoms with Gasteiger partial charge in [0.1, 0.15) is 5.52 Å². The zero-order valence-corrected chi connectivity index (χ0v) is 14.2. The fourth-order valence-electron chi connectivity index (χ4n) is 3.61. The van der Waals surface area contributed by atoms with Crippen molar-refractivity contribution < 1.29 is 18.7 Å². The lowest BCUT2D eigenvalue weighted by atomic mass is 9.96. The number of ether oxygens (including phenoxy) is 2. The topological polar surface area (TPSA) is 64.8 Å². The number of aromatic nitrogens is 1. The molecule has 26 heavy (non-hydrogen) atoms. The average molecular weight is 350 g/mol. The summed E-state index contributed by atoms with van der Waals surface area (Å²) in [6.07, 6.45) is 1.70. The van der Waals surface area contributed by atoms with E-state index in [1.807, 2.05) is 29.2 Å². The Labute approximate surface area is 150 Å². The molecule has 132 valence electrons. The van der Waals surface area contributed by atoms with E-state index in [2.05, 4.69) is 4.98 Å². The van der Waals surface area contributed by atoms with Gasteiger partial charge in [0.2, 0.25) is 6.79 Å². The monoisotopic (exact) mass is 350 g/mol. The molecule has 0 radical (unpaired) electrons. The Morgan fingerprint density at radius 1 is 1.04 bits per heavy atom. The minimum atomic E-state index is 0.0271. The molecular weight excluding hydrogens is 332 g/mol. The maximum atomic E-state index is 12.8. The number of benzene rings is 2. The van der Waals surface area contributed by atoms with Gasteiger partial charge in [0.25, 0.3) is 5.91 Å². The molecule has 0 spiro atoms. The second kappa shape index (κ2) is 6.05. The number of likely N-dealkylation sites (tertiary alicyclic amines) is 1. The lowest BCUT2D eigenvalue weighted by molar-refractivity contribution is 0.0706. The normalized spacial score (nSPS) is 17.0. The van der Waals surface area contributed by atoms with Crippen molar-refractivity contribution >= 4 is 17.0 Å². The Kier molecular flexibility index (Phi) is 3.55. The van der Waals surface area contributed by atoms with Gasteiger partial charge in [-0.25, -0.2) is 4.98 Å². The SMILES string of the molecule is O=C(c1ccc2c(c1)OCO2)N1CCC(c2nc3ccccc3o2)CC1. The van der Waals surface area contributed by atoms with Gasteiger partial charge >= 0.3 is 0 Å². The smallest absolute Gasteiger partial charge is 0.253 e. The standard InChI is InChI=1S/C20H18N2O4/c23-20(14-5-6-17-18(11-14)25-12-24-17)22-9-7-13(8-10-22)19-21-15-3-1-2-4-16(15)26-19/h1-6,11,13H,7-10,12H2. The lowest BCUT2D eigenvalue weighted by Gasteiger charge is -2.30. The number of carbonyl (C=O) groups excluding carboxylic acids is 1. The first kappa shape index (κ1) is 15.3. The predicted octanol–water partition coefficient (Wildman–Crippen LogP) is 3.58. The van der Waals surface area contributed by atoms with Crippen LogP contribution in [0.15, 0.2) is 46.9 Å². The molecule has 0 bridgehead atoms. The van der Waals surface area contributed by atoms with E-state index in [0.29, 0.717) is 30.2 Å². The molecule has 1 amide bonds. The van der Waals surface area contributed by atoms with Crippen molar-refractivity contribution in [1.29, 1.82) is 0 Å². The van der Waals surface area contributed by atoms with Gasteiger partial charge in [0.05, 0.1) is 0 Å². The highest BCUT2D eigenvalue weighted by molar-refractivity contribution is 5.95. The first-order valence-electron chi connectivity index (χ1n) is 8.82. The van der Waals surface area contributed by atoms with Gasteiger partial charge in [0.15, 0.2) is 23.0 Å². The summed E-state index contributed by atoms with van der Waals surface area (Å²) in [7, 11) is 0. The summed E-state index contributed by atoms with van der Waals surface area (Å²) in [5, 5.41) is 0. The van der Waals surface area contributed by atoms with Crippen LogP contribution >= 0.6 is 0 Å². The van der Waals surface area contributed by atoms with Crippen LogP contribution in [0.3, 0.4) is 0 Å². The summed E-state index contributed by atoms with van der Waals surface area (Å²) < 4.78 is 16.6. The quantitative estimate of drug-likeness (QED) is 0.707. The highest BCUT2D eigenvalue weighted by Gasteiger charge is 2.28. The van der Waals surface area contributed by atoms with Gasteiger partial charge in [-0.15, -0.1) is 0 Å². The summed E-state index contributed by atoms with van der Waals surface area (Å²) in [5.41, 5.74) is 2.34. The minimum Gasteiger partial charge on any atom is -0.454 e. The number of carbonyl (C=O) groups is 1. The predicted molar refractivity (Wildman–Crippen MR) is 94.5 cm³/mol. The summed E-state index contributed by atoms with van der Waals surface area (Å²) in [4.78, 5) is 19.3. The fraction of sp³-hybridized carbons (Fsp3) is 0.300. The Morgan fingerprint density at radius 2 is 1.85 bits per heavy atom. The van der Waals surface area contributed by atoms with Crippen LogP contribution in [0.5, 0.6) is 11.5 Å². The van der Waals surface area contributed by atoms with E-state index in [-0.39, 0.29) is 18.6 Å². The van der Waals surface area contributed by atoms with Crippen LogP contribution < -0.4 is 9.47 Å². The summed E-state index contributed by atoms with van der Waals surface area (Å²) in [6.45, 7) is 1.59. The molecule has 2 aliphatic rings. The Balaban J connectivity index is 1.28. The molecular formula is C20H18N2O4. The molecule has 1 aromatic heterocycles. The van der Waals surface area contributed by atoms with Crippen LogP contribution in [-0.4, -0.2) is 35.7 Å². The third-order valence-electron chi connectivity index (χ3n) is 5.06. The van der Waals surface area contributed by atoms with E-state index >= 15 is 0 Å². The molecule has 3 aromatic rings. The van der Waals surface area contributed by atoms with Gasteiger partial charge in [-0.3, -0.25) is 4.79 Å². The molecule has 0 atom stereocenters. The zero-order valence-electron chi connectivity index (χ0n) is 14.2. The first-order chi connectivity index (χ1) is 12.8. The molecule has 6 nitrogen and oxygen atoms in total. The van der Waals surface area contributed by atoms with Crippen molar-refractivity contribution in [3.05, 3.63) is 53.9 Å². The van der Waals surface area contributed by atoms with E-state index in [9.17, 15) is 4.79 Å². The minimum absolute atomic E-state index is 0.0271. The maximum Gasteiger partial charge on any atom is 0.253 e. The molecule has 6 heteroatoms. The number of para-hydroxylation sites is 2. The summed E-state index contributed by atoms with van der Waals surface area (Å²) >= 11 is 0. The van der Waals surface area contributed by atoms with E-state index in [4.69, 9.17) is 13.9 Å². The van der Waals surface area contributed by atoms with E-state index in [0.717, 1.165) is 29.8 Å².